The zero-order chi connectivity index (χ0) is 13.8. The molecule has 18 heavy (non-hydrogen) atoms. The van der Waals surface area contributed by atoms with Crippen LogP contribution in [0.15, 0.2) is 18.2 Å². The lowest BCUT2D eigenvalue weighted by molar-refractivity contribution is 0.364. The molecule has 0 aliphatic carbocycles. The van der Waals surface area contributed by atoms with Crippen LogP contribution >= 0.6 is 0 Å². The number of benzene rings is 1. The average molecular weight is 252 g/mol. The highest BCUT2D eigenvalue weighted by Crippen LogP contribution is 2.32. The molecule has 1 rings (SSSR count). The van der Waals surface area contributed by atoms with Crippen molar-refractivity contribution in [3.63, 3.8) is 0 Å². The SMILES string of the molecule is CNC(CC(C)(C)N)c1cc(OC)ccc1OC. The molecule has 1 unspecified atom stereocenters. The van der Waals surface area contributed by atoms with Crippen LogP contribution in [0.5, 0.6) is 11.5 Å². The summed E-state index contributed by atoms with van der Waals surface area (Å²) in [4.78, 5) is 0. The van der Waals surface area contributed by atoms with E-state index >= 15 is 0 Å². The molecule has 4 heteroatoms. The summed E-state index contributed by atoms with van der Waals surface area (Å²) >= 11 is 0. The fraction of sp³-hybridized carbons (Fsp3) is 0.571. The number of rotatable bonds is 6. The molecule has 1 atom stereocenters. The maximum absolute atomic E-state index is 6.10. The molecular weight excluding hydrogens is 228 g/mol. The molecule has 0 bridgehead atoms. The van der Waals surface area contributed by atoms with Crippen molar-refractivity contribution < 1.29 is 9.47 Å². The molecule has 1 aromatic rings. The molecule has 0 fully saturated rings. The average Bonchev–Trinajstić information content (AvgIpc) is 2.34. The Bertz CT molecular complexity index is 386. The minimum Gasteiger partial charge on any atom is -0.497 e. The standard InChI is InChI=1S/C14H24N2O2/c1-14(2,15)9-12(16-3)11-8-10(17-4)6-7-13(11)18-5/h6-8,12,16H,9,15H2,1-5H3. The van der Waals surface area contributed by atoms with Gasteiger partial charge in [0, 0.05) is 17.1 Å². The fourth-order valence-corrected chi connectivity index (χ4v) is 2.01. The van der Waals surface area contributed by atoms with Gasteiger partial charge in [-0.15, -0.1) is 0 Å². The maximum atomic E-state index is 6.10. The molecule has 1 aromatic carbocycles. The second-order valence-electron chi connectivity index (χ2n) is 5.14. The van der Waals surface area contributed by atoms with E-state index in [4.69, 9.17) is 15.2 Å². The molecule has 0 radical (unpaired) electrons. The number of nitrogens with two attached hydrogens (primary N) is 1. The third-order valence-corrected chi connectivity index (χ3v) is 2.89. The van der Waals surface area contributed by atoms with Crippen LogP contribution in [-0.2, 0) is 0 Å². The topological polar surface area (TPSA) is 56.5 Å². The van der Waals surface area contributed by atoms with Crippen LogP contribution < -0.4 is 20.5 Å². The van der Waals surface area contributed by atoms with Crippen LogP contribution in [0.25, 0.3) is 0 Å². The Kier molecular flexibility index (Phi) is 4.99. The first kappa shape index (κ1) is 14.8. The molecular formula is C14H24N2O2. The molecule has 0 amide bonds. The van der Waals surface area contributed by atoms with Crippen molar-refractivity contribution in [1.29, 1.82) is 0 Å². The third-order valence-electron chi connectivity index (χ3n) is 2.89. The summed E-state index contributed by atoms with van der Waals surface area (Å²) in [5.74, 6) is 1.67. The first-order chi connectivity index (χ1) is 8.41. The quantitative estimate of drug-likeness (QED) is 0.814. The Hall–Kier alpha value is -1.26. The number of hydrogen-bond acceptors (Lipinski definition) is 4. The molecule has 0 saturated carbocycles. The van der Waals surface area contributed by atoms with Crippen LogP contribution in [0.3, 0.4) is 0 Å². The Morgan fingerprint density at radius 2 is 1.94 bits per heavy atom. The van der Waals surface area contributed by atoms with E-state index in [9.17, 15) is 0 Å². The molecule has 102 valence electrons. The van der Waals surface area contributed by atoms with E-state index in [1.165, 1.54) is 0 Å². The largest absolute Gasteiger partial charge is 0.497 e. The van der Waals surface area contributed by atoms with Gasteiger partial charge < -0.3 is 20.5 Å². The van der Waals surface area contributed by atoms with Crippen molar-refractivity contribution in [2.45, 2.75) is 31.8 Å². The minimum atomic E-state index is -0.248. The van der Waals surface area contributed by atoms with Gasteiger partial charge in [0.15, 0.2) is 0 Å². The fourth-order valence-electron chi connectivity index (χ4n) is 2.01. The normalized spacial score (nSPS) is 13.2. The van der Waals surface area contributed by atoms with Gasteiger partial charge in [-0.1, -0.05) is 0 Å². The molecule has 0 aromatic heterocycles. The van der Waals surface area contributed by atoms with E-state index in [2.05, 4.69) is 5.32 Å². The maximum Gasteiger partial charge on any atom is 0.123 e. The molecule has 0 heterocycles. The Morgan fingerprint density at radius 1 is 1.28 bits per heavy atom. The van der Waals surface area contributed by atoms with Gasteiger partial charge in [-0.25, -0.2) is 0 Å². The molecule has 0 saturated heterocycles. The smallest absolute Gasteiger partial charge is 0.123 e. The highest BCUT2D eigenvalue weighted by molar-refractivity contribution is 5.42. The molecule has 0 spiro atoms. The Morgan fingerprint density at radius 3 is 2.39 bits per heavy atom. The van der Waals surface area contributed by atoms with E-state index in [0.29, 0.717) is 0 Å². The second-order valence-corrected chi connectivity index (χ2v) is 5.14. The molecule has 3 N–H and O–H groups in total. The van der Waals surface area contributed by atoms with E-state index in [1.54, 1.807) is 14.2 Å². The lowest BCUT2D eigenvalue weighted by Crippen LogP contribution is -2.37. The van der Waals surface area contributed by atoms with Gasteiger partial charge >= 0.3 is 0 Å². The number of ether oxygens (including phenoxy) is 2. The lowest BCUT2D eigenvalue weighted by atomic mass is 9.91. The predicted octanol–water partition coefficient (Wildman–Crippen LogP) is 2.09. The summed E-state index contributed by atoms with van der Waals surface area (Å²) in [7, 11) is 5.26. The first-order valence-electron chi connectivity index (χ1n) is 6.09. The van der Waals surface area contributed by atoms with Gasteiger partial charge in [0.2, 0.25) is 0 Å². The molecule has 0 aliphatic rings. The zero-order valence-corrected chi connectivity index (χ0v) is 11.9. The van der Waals surface area contributed by atoms with Gasteiger partial charge in [-0.2, -0.15) is 0 Å². The summed E-state index contributed by atoms with van der Waals surface area (Å²) in [5.41, 5.74) is 6.92. The van der Waals surface area contributed by atoms with Crippen LogP contribution in [0.2, 0.25) is 0 Å². The van der Waals surface area contributed by atoms with Crippen LogP contribution in [0.4, 0.5) is 0 Å². The van der Waals surface area contributed by atoms with Crippen LogP contribution in [0, 0.1) is 0 Å². The lowest BCUT2D eigenvalue weighted by Gasteiger charge is -2.27. The number of nitrogens with one attached hydrogen (secondary N) is 1. The van der Waals surface area contributed by atoms with Crippen molar-refractivity contribution >= 4 is 0 Å². The summed E-state index contributed by atoms with van der Waals surface area (Å²) in [6, 6.07) is 5.94. The number of methoxy groups -OCH3 is 2. The Balaban J connectivity index is 3.09. The van der Waals surface area contributed by atoms with Crippen molar-refractivity contribution in [3.05, 3.63) is 23.8 Å². The molecule has 4 nitrogen and oxygen atoms in total. The highest BCUT2D eigenvalue weighted by atomic mass is 16.5. The van der Waals surface area contributed by atoms with E-state index in [0.717, 1.165) is 23.5 Å². The van der Waals surface area contributed by atoms with E-state index in [-0.39, 0.29) is 11.6 Å². The zero-order valence-electron chi connectivity index (χ0n) is 11.9. The van der Waals surface area contributed by atoms with Gasteiger partial charge in [0.1, 0.15) is 11.5 Å². The predicted molar refractivity (Wildman–Crippen MR) is 74.2 cm³/mol. The monoisotopic (exact) mass is 252 g/mol. The Labute approximate surface area is 109 Å². The summed E-state index contributed by atoms with van der Waals surface area (Å²) in [6.07, 6.45) is 0.813. The van der Waals surface area contributed by atoms with Gasteiger partial charge in [-0.3, -0.25) is 0 Å². The summed E-state index contributed by atoms with van der Waals surface area (Å²) in [6.45, 7) is 4.04. The minimum absolute atomic E-state index is 0.134. The molecule has 0 aliphatic heterocycles. The summed E-state index contributed by atoms with van der Waals surface area (Å²) < 4.78 is 10.7. The van der Waals surface area contributed by atoms with Crippen molar-refractivity contribution in [1.82, 2.24) is 5.32 Å². The van der Waals surface area contributed by atoms with E-state index < -0.39 is 0 Å². The van der Waals surface area contributed by atoms with Crippen molar-refractivity contribution in [2.24, 2.45) is 5.73 Å². The van der Waals surface area contributed by atoms with E-state index in [1.807, 2.05) is 39.1 Å². The van der Waals surface area contributed by atoms with Gasteiger partial charge in [0.05, 0.1) is 14.2 Å². The second kappa shape index (κ2) is 6.07. The summed E-state index contributed by atoms with van der Waals surface area (Å²) in [5, 5.41) is 3.29. The third kappa shape index (κ3) is 3.89. The van der Waals surface area contributed by atoms with Crippen molar-refractivity contribution in [3.8, 4) is 11.5 Å². The van der Waals surface area contributed by atoms with Crippen LogP contribution in [-0.4, -0.2) is 26.8 Å². The first-order valence-corrected chi connectivity index (χ1v) is 6.09. The number of hydrogen-bond donors (Lipinski definition) is 2. The highest BCUT2D eigenvalue weighted by Gasteiger charge is 2.22. The van der Waals surface area contributed by atoms with Crippen molar-refractivity contribution in [2.75, 3.05) is 21.3 Å². The van der Waals surface area contributed by atoms with Gasteiger partial charge in [0.25, 0.3) is 0 Å². The van der Waals surface area contributed by atoms with Crippen LogP contribution in [0.1, 0.15) is 31.9 Å². The van der Waals surface area contributed by atoms with Gasteiger partial charge in [-0.05, 0) is 45.5 Å².